The van der Waals surface area contributed by atoms with E-state index in [1.807, 2.05) is 30.9 Å². The smallest absolute Gasteiger partial charge is 0.227 e. The average molecular weight is 392 g/mol. The number of hydrogen-bond donors (Lipinski definition) is 1. The van der Waals surface area contributed by atoms with Crippen molar-refractivity contribution in [2.75, 3.05) is 38.5 Å². The van der Waals surface area contributed by atoms with Crippen molar-refractivity contribution in [3.8, 4) is 0 Å². The Balaban J connectivity index is 1.53. The lowest BCUT2D eigenvalue weighted by Gasteiger charge is -2.36. The van der Waals surface area contributed by atoms with Gasteiger partial charge in [-0.05, 0) is 63.8 Å². The second-order valence-corrected chi connectivity index (χ2v) is 8.51. The van der Waals surface area contributed by atoms with Crippen LogP contribution in [0.5, 0.6) is 0 Å². The van der Waals surface area contributed by atoms with E-state index in [9.17, 15) is 9.59 Å². The summed E-state index contributed by atoms with van der Waals surface area (Å²) in [5, 5.41) is 3.60. The van der Waals surface area contributed by atoms with E-state index in [1.165, 1.54) is 0 Å². The molecule has 0 aromatic heterocycles. The van der Waals surface area contributed by atoms with Gasteiger partial charge in [0.05, 0.1) is 10.7 Å². The highest BCUT2D eigenvalue weighted by atomic mass is 35.5. The molecule has 1 aromatic carbocycles. The number of nitrogens with one attached hydrogen (secondary N) is 1. The number of hydrogen-bond acceptors (Lipinski definition) is 3. The highest BCUT2D eigenvalue weighted by Crippen LogP contribution is 2.33. The van der Waals surface area contributed by atoms with Gasteiger partial charge in [0.25, 0.3) is 0 Å². The van der Waals surface area contributed by atoms with Crippen molar-refractivity contribution in [2.45, 2.75) is 39.5 Å². The number of benzene rings is 1. The van der Waals surface area contributed by atoms with Crippen LogP contribution in [0.3, 0.4) is 0 Å². The Bertz CT molecular complexity index is 682. The van der Waals surface area contributed by atoms with Gasteiger partial charge in [-0.1, -0.05) is 17.7 Å². The molecular weight excluding hydrogens is 362 g/mol. The average Bonchev–Trinajstić information content (AvgIpc) is 2.64. The normalized spacial score (nSPS) is 23.9. The van der Waals surface area contributed by atoms with Gasteiger partial charge in [0.2, 0.25) is 11.8 Å². The number of likely N-dealkylation sites (N-methyl/N-ethyl adjacent to an activating group) is 1. The largest absolute Gasteiger partial charge is 0.340 e. The van der Waals surface area contributed by atoms with Crippen LogP contribution in [0.15, 0.2) is 12.1 Å². The molecule has 0 atom stereocenters. The number of rotatable bonds is 3. The Kier molecular flexibility index (Phi) is 6.43. The van der Waals surface area contributed by atoms with Crippen LogP contribution in [0.2, 0.25) is 5.02 Å². The fourth-order valence-electron chi connectivity index (χ4n) is 4.19. The van der Waals surface area contributed by atoms with Crippen LogP contribution < -0.4 is 5.32 Å². The van der Waals surface area contributed by atoms with Crippen molar-refractivity contribution in [3.63, 3.8) is 0 Å². The number of amides is 2. The predicted octanol–water partition coefficient (Wildman–Crippen LogP) is 3.48. The molecular formula is C21H30ClN3O2. The maximum atomic E-state index is 12.7. The molecule has 0 unspecified atom stereocenters. The molecule has 5 nitrogen and oxygen atoms in total. The van der Waals surface area contributed by atoms with Crippen molar-refractivity contribution in [2.24, 2.45) is 11.8 Å². The number of carbonyl (C=O) groups excluding carboxylic acids is 2. The second kappa shape index (κ2) is 8.61. The van der Waals surface area contributed by atoms with E-state index in [1.54, 1.807) is 0 Å². The molecule has 1 aromatic rings. The number of nitrogens with zero attached hydrogens (tertiary/aromatic N) is 2. The molecule has 1 N–H and O–H groups in total. The summed E-state index contributed by atoms with van der Waals surface area (Å²) in [4.78, 5) is 29.7. The van der Waals surface area contributed by atoms with Crippen LogP contribution in [-0.2, 0) is 9.59 Å². The van der Waals surface area contributed by atoms with E-state index >= 15 is 0 Å². The van der Waals surface area contributed by atoms with Crippen LogP contribution in [0.1, 0.15) is 36.8 Å². The molecule has 2 aliphatic rings. The van der Waals surface area contributed by atoms with E-state index in [2.05, 4.69) is 17.3 Å². The number of carbonyl (C=O) groups is 2. The van der Waals surface area contributed by atoms with Crippen molar-refractivity contribution in [1.29, 1.82) is 0 Å². The molecule has 1 saturated heterocycles. The molecule has 6 heteroatoms. The number of aryl methyl sites for hydroxylation is 2. The van der Waals surface area contributed by atoms with Crippen LogP contribution >= 0.6 is 11.6 Å². The van der Waals surface area contributed by atoms with E-state index < -0.39 is 0 Å². The van der Waals surface area contributed by atoms with Crippen LogP contribution in [0.4, 0.5) is 5.69 Å². The summed E-state index contributed by atoms with van der Waals surface area (Å²) >= 11 is 6.31. The Hall–Kier alpha value is -1.59. The topological polar surface area (TPSA) is 52.7 Å². The third-order valence-electron chi connectivity index (χ3n) is 5.94. The Morgan fingerprint density at radius 3 is 2.19 bits per heavy atom. The highest BCUT2D eigenvalue weighted by Gasteiger charge is 2.33. The number of piperazine rings is 1. The SMILES string of the molecule is Cc1cc(C)c(NC(=O)C2CCC(C(=O)N3CCN(C)CC3)CC2)c(Cl)c1. The summed E-state index contributed by atoms with van der Waals surface area (Å²) in [6.45, 7) is 7.48. The predicted molar refractivity (Wildman–Crippen MR) is 109 cm³/mol. The monoisotopic (exact) mass is 391 g/mol. The first-order valence-electron chi connectivity index (χ1n) is 9.90. The van der Waals surface area contributed by atoms with Gasteiger partial charge in [-0.3, -0.25) is 9.59 Å². The van der Waals surface area contributed by atoms with E-state index in [0.29, 0.717) is 10.7 Å². The molecule has 1 heterocycles. The molecule has 148 valence electrons. The second-order valence-electron chi connectivity index (χ2n) is 8.11. The van der Waals surface area contributed by atoms with Gasteiger partial charge in [0.1, 0.15) is 0 Å². The molecule has 27 heavy (non-hydrogen) atoms. The zero-order chi connectivity index (χ0) is 19.6. The number of anilines is 1. The van der Waals surface area contributed by atoms with E-state index in [-0.39, 0.29) is 23.7 Å². The first kappa shape index (κ1) is 20.2. The van der Waals surface area contributed by atoms with E-state index in [4.69, 9.17) is 11.6 Å². The van der Waals surface area contributed by atoms with Crippen LogP contribution in [0.25, 0.3) is 0 Å². The summed E-state index contributed by atoms with van der Waals surface area (Å²) in [5.41, 5.74) is 2.77. The molecule has 0 radical (unpaired) electrons. The maximum Gasteiger partial charge on any atom is 0.227 e. The third-order valence-corrected chi connectivity index (χ3v) is 6.24. The van der Waals surface area contributed by atoms with Crippen LogP contribution in [0, 0.1) is 25.7 Å². The molecule has 2 fully saturated rings. The van der Waals surface area contributed by atoms with Gasteiger partial charge in [-0.15, -0.1) is 0 Å². The lowest BCUT2D eigenvalue weighted by atomic mass is 9.80. The summed E-state index contributed by atoms with van der Waals surface area (Å²) in [6, 6.07) is 3.89. The van der Waals surface area contributed by atoms with Gasteiger partial charge in [-0.2, -0.15) is 0 Å². The summed E-state index contributed by atoms with van der Waals surface area (Å²) in [7, 11) is 2.09. The highest BCUT2D eigenvalue weighted by molar-refractivity contribution is 6.34. The molecule has 1 saturated carbocycles. The van der Waals surface area contributed by atoms with Gasteiger partial charge in [-0.25, -0.2) is 0 Å². The zero-order valence-corrected chi connectivity index (χ0v) is 17.3. The lowest BCUT2D eigenvalue weighted by Crippen LogP contribution is -2.49. The molecule has 2 amide bonds. The van der Waals surface area contributed by atoms with Crippen molar-refractivity contribution < 1.29 is 9.59 Å². The Morgan fingerprint density at radius 1 is 1.00 bits per heavy atom. The summed E-state index contributed by atoms with van der Waals surface area (Å²) in [5.74, 6) is 0.328. The van der Waals surface area contributed by atoms with Gasteiger partial charge >= 0.3 is 0 Å². The Morgan fingerprint density at radius 2 is 1.59 bits per heavy atom. The minimum absolute atomic E-state index is 0.0225. The first-order chi connectivity index (χ1) is 12.8. The third kappa shape index (κ3) is 4.82. The first-order valence-corrected chi connectivity index (χ1v) is 10.3. The van der Waals surface area contributed by atoms with Crippen molar-refractivity contribution >= 4 is 29.1 Å². The minimum atomic E-state index is -0.0432. The molecule has 1 aliphatic heterocycles. The van der Waals surface area contributed by atoms with Gasteiger partial charge in [0, 0.05) is 38.0 Å². The van der Waals surface area contributed by atoms with Gasteiger partial charge in [0.15, 0.2) is 0 Å². The molecule has 3 rings (SSSR count). The van der Waals surface area contributed by atoms with E-state index in [0.717, 1.165) is 63.0 Å². The Labute approximate surface area is 167 Å². The fraction of sp³-hybridized carbons (Fsp3) is 0.619. The minimum Gasteiger partial charge on any atom is -0.340 e. The lowest BCUT2D eigenvalue weighted by molar-refractivity contribution is -0.139. The standard InChI is InChI=1S/C21H30ClN3O2/c1-14-12-15(2)19(18(22)13-14)23-20(26)16-4-6-17(7-5-16)21(27)25-10-8-24(3)9-11-25/h12-13,16-17H,4-11H2,1-3H3,(H,23,26). The van der Waals surface area contributed by atoms with Crippen molar-refractivity contribution in [3.05, 3.63) is 28.3 Å². The number of halogens is 1. The maximum absolute atomic E-state index is 12.7. The molecule has 0 spiro atoms. The molecule has 0 bridgehead atoms. The quantitative estimate of drug-likeness (QED) is 0.858. The van der Waals surface area contributed by atoms with Crippen molar-refractivity contribution in [1.82, 2.24) is 9.80 Å². The molecule has 1 aliphatic carbocycles. The van der Waals surface area contributed by atoms with Crippen LogP contribution in [-0.4, -0.2) is 54.8 Å². The van der Waals surface area contributed by atoms with Gasteiger partial charge < -0.3 is 15.1 Å². The summed E-state index contributed by atoms with van der Waals surface area (Å²) < 4.78 is 0. The zero-order valence-electron chi connectivity index (χ0n) is 16.6. The fourth-order valence-corrected chi connectivity index (χ4v) is 4.56. The summed E-state index contributed by atoms with van der Waals surface area (Å²) in [6.07, 6.45) is 3.12.